The van der Waals surface area contributed by atoms with E-state index in [1.165, 1.54) is 32.1 Å². The molecule has 7 nitrogen and oxygen atoms in total. The minimum Gasteiger partial charge on any atom is -0.381 e. The Labute approximate surface area is 182 Å². The van der Waals surface area contributed by atoms with Crippen molar-refractivity contribution in [3.05, 3.63) is 0 Å². The summed E-state index contributed by atoms with van der Waals surface area (Å²) < 4.78 is 5.57. The van der Waals surface area contributed by atoms with Gasteiger partial charge in [-0.3, -0.25) is 9.69 Å². The summed E-state index contributed by atoms with van der Waals surface area (Å²) in [5.41, 5.74) is 0. The molecule has 0 aromatic rings. The normalized spacial score (nSPS) is 23.7. The average Bonchev–Trinajstić information content (AvgIpc) is 3.25. The highest BCUT2D eigenvalue weighted by molar-refractivity contribution is 5.75. The molecule has 3 amide bonds. The molecule has 0 radical (unpaired) electrons. The van der Waals surface area contributed by atoms with Crippen molar-refractivity contribution in [1.82, 2.24) is 20.0 Å². The van der Waals surface area contributed by atoms with Crippen LogP contribution >= 0.6 is 0 Å². The van der Waals surface area contributed by atoms with Gasteiger partial charge in [-0.15, -0.1) is 0 Å². The van der Waals surface area contributed by atoms with E-state index >= 15 is 0 Å². The molecule has 3 aliphatic rings. The number of hydrogen-bond acceptors (Lipinski definition) is 4. The molecule has 2 aliphatic heterocycles. The lowest BCUT2D eigenvalue weighted by atomic mass is 9.86. The van der Waals surface area contributed by atoms with Gasteiger partial charge < -0.3 is 19.9 Å². The molecule has 172 valence electrons. The molecule has 1 aliphatic carbocycles. The molecule has 0 bridgehead atoms. The monoisotopic (exact) mass is 422 g/mol. The lowest BCUT2D eigenvalue weighted by molar-refractivity contribution is -0.121. The van der Waals surface area contributed by atoms with Crippen LogP contribution in [0, 0.1) is 5.92 Å². The van der Waals surface area contributed by atoms with Crippen LogP contribution in [-0.2, 0) is 9.53 Å². The van der Waals surface area contributed by atoms with Crippen molar-refractivity contribution in [2.45, 2.75) is 76.3 Å². The molecule has 1 unspecified atom stereocenters. The predicted molar refractivity (Wildman–Crippen MR) is 118 cm³/mol. The first kappa shape index (κ1) is 23.3. The van der Waals surface area contributed by atoms with E-state index in [1.807, 2.05) is 19.0 Å². The van der Waals surface area contributed by atoms with Crippen LogP contribution in [0.25, 0.3) is 0 Å². The van der Waals surface area contributed by atoms with Crippen molar-refractivity contribution < 1.29 is 14.3 Å². The zero-order valence-electron chi connectivity index (χ0n) is 19.1. The molecule has 1 saturated carbocycles. The summed E-state index contributed by atoms with van der Waals surface area (Å²) in [4.78, 5) is 30.9. The lowest BCUT2D eigenvalue weighted by Crippen LogP contribution is -2.50. The van der Waals surface area contributed by atoms with E-state index in [4.69, 9.17) is 4.74 Å². The second-order valence-corrected chi connectivity index (χ2v) is 9.54. The Morgan fingerprint density at radius 3 is 2.43 bits per heavy atom. The van der Waals surface area contributed by atoms with E-state index in [0.717, 1.165) is 64.4 Å². The van der Waals surface area contributed by atoms with E-state index < -0.39 is 0 Å². The van der Waals surface area contributed by atoms with Crippen LogP contribution in [0.3, 0.4) is 0 Å². The van der Waals surface area contributed by atoms with Crippen LogP contribution in [0.5, 0.6) is 0 Å². The maximum atomic E-state index is 12.4. The third-order valence-corrected chi connectivity index (χ3v) is 7.14. The van der Waals surface area contributed by atoms with Crippen molar-refractivity contribution in [1.29, 1.82) is 0 Å². The van der Waals surface area contributed by atoms with E-state index in [9.17, 15) is 9.59 Å². The van der Waals surface area contributed by atoms with Crippen molar-refractivity contribution in [2.75, 3.05) is 53.5 Å². The number of carbonyl (C=O) groups is 2. The molecular weight excluding hydrogens is 380 g/mol. The summed E-state index contributed by atoms with van der Waals surface area (Å²) in [7, 11) is 3.63. The largest absolute Gasteiger partial charge is 0.381 e. The van der Waals surface area contributed by atoms with Gasteiger partial charge in [0.15, 0.2) is 0 Å². The van der Waals surface area contributed by atoms with Crippen LogP contribution in [0.1, 0.15) is 64.2 Å². The van der Waals surface area contributed by atoms with Gasteiger partial charge >= 0.3 is 6.03 Å². The second kappa shape index (κ2) is 11.9. The SMILES string of the molecule is CN(C)C(=O)N1CCC(N(CCNC(=O)CCC2CCCCC2)C2CCOCC2)C1. The molecule has 0 aromatic heterocycles. The summed E-state index contributed by atoms with van der Waals surface area (Å²) >= 11 is 0. The Morgan fingerprint density at radius 1 is 1.00 bits per heavy atom. The number of nitrogens with one attached hydrogen (secondary N) is 1. The Balaban J connectivity index is 1.45. The molecule has 0 spiro atoms. The first-order chi connectivity index (χ1) is 14.5. The molecule has 2 saturated heterocycles. The highest BCUT2D eigenvalue weighted by Gasteiger charge is 2.34. The standard InChI is InChI=1S/C23H42N4O3/c1-25(2)23(29)26-14-10-21(18-26)27(20-11-16-30-17-12-20)15-13-24-22(28)9-8-19-6-4-3-5-7-19/h19-21H,3-18H2,1-2H3,(H,24,28). The Kier molecular flexibility index (Phi) is 9.25. The molecule has 30 heavy (non-hydrogen) atoms. The topological polar surface area (TPSA) is 65.1 Å². The van der Waals surface area contributed by atoms with Crippen LogP contribution in [0.4, 0.5) is 4.79 Å². The fourth-order valence-corrected chi connectivity index (χ4v) is 5.37. The van der Waals surface area contributed by atoms with E-state index in [2.05, 4.69) is 10.2 Å². The summed E-state index contributed by atoms with van der Waals surface area (Å²) in [6.07, 6.45) is 11.4. The molecule has 1 atom stereocenters. The summed E-state index contributed by atoms with van der Waals surface area (Å²) in [5.74, 6) is 0.949. The van der Waals surface area contributed by atoms with Gasteiger partial charge in [0.1, 0.15) is 0 Å². The zero-order chi connectivity index (χ0) is 21.3. The number of hydrogen-bond donors (Lipinski definition) is 1. The minimum absolute atomic E-state index is 0.0976. The number of carbonyl (C=O) groups excluding carboxylic acids is 2. The fourth-order valence-electron chi connectivity index (χ4n) is 5.37. The fraction of sp³-hybridized carbons (Fsp3) is 0.913. The number of amides is 3. The van der Waals surface area contributed by atoms with Gasteiger partial charge in [-0.1, -0.05) is 32.1 Å². The van der Waals surface area contributed by atoms with Gasteiger partial charge in [0.05, 0.1) is 0 Å². The van der Waals surface area contributed by atoms with Crippen LogP contribution in [0.15, 0.2) is 0 Å². The average molecular weight is 423 g/mol. The number of nitrogens with zero attached hydrogens (tertiary/aromatic N) is 3. The molecule has 3 fully saturated rings. The Hall–Kier alpha value is -1.34. The van der Waals surface area contributed by atoms with Gasteiger partial charge in [-0.05, 0) is 31.6 Å². The first-order valence-electron chi connectivity index (χ1n) is 12.1. The van der Waals surface area contributed by atoms with Gasteiger partial charge in [0, 0.05) is 72.0 Å². The first-order valence-corrected chi connectivity index (χ1v) is 12.1. The summed E-state index contributed by atoms with van der Waals surface area (Å²) in [6, 6.07) is 0.953. The Bertz CT molecular complexity index is 545. The number of urea groups is 1. The number of rotatable bonds is 8. The second-order valence-electron chi connectivity index (χ2n) is 9.54. The number of likely N-dealkylation sites (tertiary alicyclic amines) is 1. The smallest absolute Gasteiger partial charge is 0.319 e. The minimum atomic E-state index is 0.0976. The molecule has 2 heterocycles. The van der Waals surface area contributed by atoms with Gasteiger partial charge in [-0.25, -0.2) is 4.79 Å². The van der Waals surface area contributed by atoms with Crippen molar-refractivity contribution in [3.8, 4) is 0 Å². The van der Waals surface area contributed by atoms with Gasteiger partial charge in [0.25, 0.3) is 0 Å². The molecule has 0 aromatic carbocycles. The van der Waals surface area contributed by atoms with Crippen LogP contribution < -0.4 is 5.32 Å². The maximum absolute atomic E-state index is 12.4. The summed E-state index contributed by atoms with van der Waals surface area (Å²) in [5, 5.41) is 3.17. The maximum Gasteiger partial charge on any atom is 0.319 e. The van der Waals surface area contributed by atoms with Crippen molar-refractivity contribution >= 4 is 11.9 Å². The zero-order valence-corrected chi connectivity index (χ0v) is 19.1. The van der Waals surface area contributed by atoms with E-state index in [-0.39, 0.29) is 11.9 Å². The third kappa shape index (κ3) is 6.84. The summed E-state index contributed by atoms with van der Waals surface area (Å²) in [6.45, 7) is 4.76. The molecule has 1 N–H and O–H groups in total. The highest BCUT2D eigenvalue weighted by Crippen LogP contribution is 2.27. The van der Waals surface area contributed by atoms with E-state index in [0.29, 0.717) is 25.0 Å². The lowest BCUT2D eigenvalue weighted by Gasteiger charge is -2.38. The number of ether oxygens (including phenoxy) is 1. The van der Waals surface area contributed by atoms with E-state index in [1.54, 1.807) is 4.90 Å². The molecular formula is C23H42N4O3. The highest BCUT2D eigenvalue weighted by atomic mass is 16.5. The van der Waals surface area contributed by atoms with Gasteiger partial charge in [-0.2, -0.15) is 0 Å². The molecule has 3 rings (SSSR count). The predicted octanol–water partition coefficient (Wildman–Crippen LogP) is 2.70. The Morgan fingerprint density at radius 2 is 1.73 bits per heavy atom. The molecule has 7 heteroatoms. The quantitative estimate of drug-likeness (QED) is 0.653. The van der Waals surface area contributed by atoms with Crippen molar-refractivity contribution in [2.24, 2.45) is 5.92 Å². The van der Waals surface area contributed by atoms with Crippen LogP contribution in [0.2, 0.25) is 0 Å². The van der Waals surface area contributed by atoms with Crippen molar-refractivity contribution in [3.63, 3.8) is 0 Å². The van der Waals surface area contributed by atoms with Gasteiger partial charge in [0.2, 0.25) is 5.91 Å². The third-order valence-electron chi connectivity index (χ3n) is 7.14. The van der Waals surface area contributed by atoms with Crippen LogP contribution in [-0.4, -0.2) is 92.2 Å².